The number of ether oxygens (including phenoxy) is 1. The average Bonchev–Trinajstić information content (AvgIpc) is 2.93. The number of amides is 2. The molecule has 0 unspecified atom stereocenters. The monoisotopic (exact) mass is 599 g/mol. The molecular weight excluding hydrogens is 562 g/mol. The van der Waals surface area contributed by atoms with Crippen molar-refractivity contribution in [2.45, 2.75) is 51.7 Å². The van der Waals surface area contributed by atoms with E-state index in [1.165, 1.54) is 11.4 Å². The Morgan fingerprint density at radius 2 is 1.59 bits per heavy atom. The first-order valence-electron chi connectivity index (χ1n) is 13.5. The molecule has 0 saturated heterocycles. The van der Waals surface area contributed by atoms with Gasteiger partial charge in [-0.25, -0.2) is 8.42 Å². The first kappa shape index (κ1) is 32.0. The van der Waals surface area contributed by atoms with Crippen molar-refractivity contribution in [3.63, 3.8) is 0 Å². The molecule has 0 aliphatic heterocycles. The summed E-state index contributed by atoms with van der Waals surface area (Å²) in [6.07, 6.45) is 1.74. The SMILES string of the molecule is COc1ccc(N(CCCC(=O)N(Cc2ccccc2Cl)[C@@H](Cc2ccccc2)C(=O)NC(C)C)S(C)(=O)=O)cc1. The highest BCUT2D eigenvalue weighted by Gasteiger charge is 2.31. The lowest BCUT2D eigenvalue weighted by molar-refractivity contribution is -0.141. The lowest BCUT2D eigenvalue weighted by Crippen LogP contribution is -2.51. The Morgan fingerprint density at radius 3 is 2.17 bits per heavy atom. The summed E-state index contributed by atoms with van der Waals surface area (Å²) in [5.74, 6) is 0.0740. The van der Waals surface area contributed by atoms with Gasteiger partial charge in [-0.2, -0.15) is 0 Å². The molecule has 0 aliphatic rings. The number of anilines is 1. The molecule has 220 valence electrons. The van der Waals surface area contributed by atoms with Gasteiger partial charge in [0.15, 0.2) is 0 Å². The Hall–Kier alpha value is -3.56. The third-order valence-electron chi connectivity index (χ3n) is 6.51. The predicted molar refractivity (Wildman–Crippen MR) is 164 cm³/mol. The fourth-order valence-corrected chi connectivity index (χ4v) is 5.66. The Balaban J connectivity index is 1.88. The number of rotatable bonds is 14. The van der Waals surface area contributed by atoms with Crippen molar-refractivity contribution in [2.24, 2.45) is 0 Å². The highest BCUT2D eigenvalue weighted by atomic mass is 35.5. The molecule has 0 spiro atoms. The van der Waals surface area contributed by atoms with E-state index in [1.54, 1.807) is 35.2 Å². The van der Waals surface area contributed by atoms with E-state index in [2.05, 4.69) is 5.32 Å². The van der Waals surface area contributed by atoms with E-state index in [0.29, 0.717) is 28.4 Å². The minimum Gasteiger partial charge on any atom is -0.497 e. The minimum absolute atomic E-state index is 0.0346. The molecule has 3 aromatic rings. The summed E-state index contributed by atoms with van der Waals surface area (Å²) in [4.78, 5) is 28.9. The van der Waals surface area contributed by atoms with E-state index in [-0.39, 0.29) is 43.8 Å². The summed E-state index contributed by atoms with van der Waals surface area (Å²) >= 11 is 6.47. The van der Waals surface area contributed by atoms with Crippen LogP contribution in [0, 0.1) is 0 Å². The van der Waals surface area contributed by atoms with Gasteiger partial charge in [-0.3, -0.25) is 13.9 Å². The first-order chi connectivity index (χ1) is 19.5. The average molecular weight is 600 g/mol. The van der Waals surface area contributed by atoms with Crippen molar-refractivity contribution in [3.05, 3.63) is 95.0 Å². The number of halogens is 1. The Bertz CT molecular complexity index is 1400. The molecule has 1 atom stereocenters. The smallest absolute Gasteiger partial charge is 0.243 e. The molecule has 8 nitrogen and oxygen atoms in total. The molecular formula is C31H38ClN3O5S. The molecule has 10 heteroatoms. The highest BCUT2D eigenvalue weighted by Crippen LogP contribution is 2.24. The number of sulfonamides is 1. The summed E-state index contributed by atoms with van der Waals surface area (Å²) in [7, 11) is -2.07. The standard InChI is InChI=1S/C31H38ClN3O5S/c1-23(2)33-31(37)29(21-24-11-6-5-7-12-24)34(22-25-13-8-9-14-28(25)32)30(36)15-10-20-35(41(4,38)39)26-16-18-27(40-3)19-17-26/h5-9,11-14,16-19,23,29H,10,15,20-22H2,1-4H3,(H,33,37)/t29-/m0/s1. The van der Waals surface area contributed by atoms with Crippen LogP contribution >= 0.6 is 11.6 Å². The Kier molecular flexibility index (Phi) is 11.6. The van der Waals surface area contributed by atoms with Gasteiger partial charge in [-0.05, 0) is 61.7 Å². The lowest BCUT2D eigenvalue weighted by Gasteiger charge is -2.32. The van der Waals surface area contributed by atoms with E-state index in [4.69, 9.17) is 16.3 Å². The Labute approximate surface area is 248 Å². The maximum absolute atomic E-state index is 13.9. The quantitative estimate of drug-likeness (QED) is 0.279. The summed E-state index contributed by atoms with van der Waals surface area (Å²) in [6.45, 7) is 3.97. The van der Waals surface area contributed by atoms with Gasteiger partial charge in [-0.15, -0.1) is 0 Å². The van der Waals surface area contributed by atoms with Crippen molar-refractivity contribution in [1.82, 2.24) is 10.2 Å². The number of carbonyl (C=O) groups is 2. The number of hydrogen-bond donors (Lipinski definition) is 1. The second-order valence-corrected chi connectivity index (χ2v) is 12.4. The van der Waals surface area contributed by atoms with Gasteiger partial charge >= 0.3 is 0 Å². The molecule has 0 aromatic heterocycles. The zero-order valence-electron chi connectivity index (χ0n) is 23.9. The van der Waals surface area contributed by atoms with E-state index in [1.807, 2.05) is 62.4 Å². The molecule has 1 N–H and O–H groups in total. The number of benzene rings is 3. The maximum atomic E-state index is 13.9. The van der Waals surface area contributed by atoms with E-state index < -0.39 is 16.1 Å². The van der Waals surface area contributed by atoms with Gasteiger partial charge < -0.3 is 15.0 Å². The van der Waals surface area contributed by atoms with E-state index in [0.717, 1.165) is 11.8 Å². The third kappa shape index (κ3) is 9.50. The van der Waals surface area contributed by atoms with E-state index >= 15 is 0 Å². The summed E-state index contributed by atoms with van der Waals surface area (Å²) < 4.78 is 31.7. The molecule has 41 heavy (non-hydrogen) atoms. The van der Waals surface area contributed by atoms with Crippen LogP contribution in [0.2, 0.25) is 5.02 Å². The van der Waals surface area contributed by atoms with Crippen molar-refractivity contribution >= 4 is 39.1 Å². The number of hydrogen-bond acceptors (Lipinski definition) is 5. The minimum atomic E-state index is -3.61. The second kappa shape index (κ2) is 14.9. The normalized spacial score (nSPS) is 12.0. The fraction of sp³-hybridized carbons (Fsp3) is 0.355. The van der Waals surface area contributed by atoms with Gasteiger partial charge in [0.05, 0.1) is 19.1 Å². The van der Waals surface area contributed by atoms with Crippen LogP contribution in [0.15, 0.2) is 78.9 Å². The molecule has 0 heterocycles. The Morgan fingerprint density at radius 1 is 0.951 bits per heavy atom. The van der Waals surface area contributed by atoms with E-state index in [9.17, 15) is 18.0 Å². The van der Waals surface area contributed by atoms with Gasteiger partial charge in [0, 0.05) is 37.0 Å². The van der Waals surface area contributed by atoms with Gasteiger partial charge in [0.2, 0.25) is 21.8 Å². The number of nitrogens with zero attached hydrogens (tertiary/aromatic N) is 2. The van der Waals surface area contributed by atoms with Crippen molar-refractivity contribution in [1.29, 1.82) is 0 Å². The molecule has 0 aliphatic carbocycles. The molecule has 0 bridgehead atoms. The van der Waals surface area contributed by atoms with Crippen LogP contribution < -0.4 is 14.4 Å². The predicted octanol–water partition coefficient (Wildman–Crippen LogP) is 5.06. The molecule has 0 radical (unpaired) electrons. The molecule has 0 saturated carbocycles. The number of methoxy groups -OCH3 is 1. The number of nitrogens with one attached hydrogen (secondary N) is 1. The zero-order chi connectivity index (χ0) is 30.0. The topological polar surface area (TPSA) is 96.0 Å². The molecule has 3 aromatic carbocycles. The van der Waals surface area contributed by atoms with Crippen LogP contribution in [0.5, 0.6) is 5.75 Å². The van der Waals surface area contributed by atoms with Crippen LogP contribution in [0.4, 0.5) is 5.69 Å². The van der Waals surface area contributed by atoms with Gasteiger partial charge in [-0.1, -0.05) is 60.1 Å². The maximum Gasteiger partial charge on any atom is 0.243 e. The summed E-state index contributed by atoms with van der Waals surface area (Å²) in [5, 5.41) is 3.46. The highest BCUT2D eigenvalue weighted by molar-refractivity contribution is 7.92. The first-order valence-corrected chi connectivity index (χ1v) is 15.7. The lowest BCUT2D eigenvalue weighted by atomic mass is 10.0. The fourth-order valence-electron chi connectivity index (χ4n) is 4.50. The van der Waals surface area contributed by atoms with Gasteiger partial charge in [0.1, 0.15) is 11.8 Å². The van der Waals surface area contributed by atoms with Crippen LogP contribution in [0.25, 0.3) is 0 Å². The molecule has 0 fully saturated rings. The molecule has 2 amide bonds. The van der Waals surface area contributed by atoms with Crippen molar-refractivity contribution < 1.29 is 22.7 Å². The second-order valence-electron chi connectivity index (χ2n) is 10.1. The van der Waals surface area contributed by atoms with Crippen LogP contribution in [0.3, 0.4) is 0 Å². The summed E-state index contributed by atoms with van der Waals surface area (Å²) in [6, 6.07) is 22.5. The van der Waals surface area contributed by atoms with Gasteiger partial charge in [0.25, 0.3) is 0 Å². The largest absolute Gasteiger partial charge is 0.497 e. The van der Waals surface area contributed by atoms with Crippen LogP contribution in [0.1, 0.15) is 37.8 Å². The third-order valence-corrected chi connectivity index (χ3v) is 8.08. The molecule has 3 rings (SSSR count). The van der Waals surface area contributed by atoms with Crippen molar-refractivity contribution in [3.8, 4) is 5.75 Å². The zero-order valence-corrected chi connectivity index (χ0v) is 25.5. The van der Waals surface area contributed by atoms with Crippen LogP contribution in [-0.4, -0.2) is 57.1 Å². The van der Waals surface area contributed by atoms with Crippen molar-refractivity contribution in [2.75, 3.05) is 24.2 Å². The summed E-state index contributed by atoms with van der Waals surface area (Å²) in [5.41, 5.74) is 2.11. The number of carbonyl (C=O) groups excluding carboxylic acids is 2. The van der Waals surface area contributed by atoms with Crippen LogP contribution in [-0.2, 0) is 32.6 Å².